The van der Waals surface area contributed by atoms with Crippen LogP contribution >= 0.6 is 11.8 Å². The molecule has 0 heterocycles. The molecule has 2 nitrogen and oxygen atoms in total. The smallest absolute Gasteiger partial charge is 0.143 e. The molecular weight excluding hydrogens is 213 g/mol. The Morgan fingerprint density at radius 2 is 1.93 bits per heavy atom. The first-order valence-corrected chi connectivity index (χ1v) is 5.47. The molecule has 0 fully saturated rings. The van der Waals surface area contributed by atoms with E-state index in [9.17, 15) is 4.39 Å². The molecule has 1 aromatic rings. The Labute approximate surface area is 94.0 Å². The molecule has 0 unspecified atom stereocenters. The van der Waals surface area contributed by atoms with Gasteiger partial charge in [-0.05, 0) is 6.07 Å². The van der Waals surface area contributed by atoms with Crippen molar-refractivity contribution in [1.82, 2.24) is 0 Å². The first-order chi connectivity index (χ1) is 6.83. The zero-order valence-electron chi connectivity index (χ0n) is 9.43. The summed E-state index contributed by atoms with van der Waals surface area (Å²) in [5, 5.41) is 0. The standard InChI is InChI=1S/C11H16FNOS/c1-11(2,3)15-10-6-9(14-4)8(13)5-7(10)12/h5-6H,13H2,1-4H3. The SMILES string of the molecule is COc1cc(SC(C)(C)C)c(F)cc1N. The molecule has 1 rings (SSSR count). The normalized spacial score (nSPS) is 11.5. The van der Waals surface area contributed by atoms with E-state index in [4.69, 9.17) is 10.5 Å². The van der Waals surface area contributed by atoms with E-state index >= 15 is 0 Å². The number of nitrogen functional groups attached to an aromatic ring is 1. The number of halogens is 1. The Balaban J connectivity index is 3.08. The first kappa shape index (κ1) is 12.2. The van der Waals surface area contributed by atoms with Crippen molar-refractivity contribution < 1.29 is 9.13 Å². The molecule has 15 heavy (non-hydrogen) atoms. The van der Waals surface area contributed by atoms with E-state index in [0.29, 0.717) is 16.3 Å². The number of thioether (sulfide) groups is 1. The average Bonchev–Trinajstić information content (AvgIpc) is 2.07. The fourth-order valence-corrected chi connectivity index (χ4v) is 2.12. The predicted molar refractivity (Wildman–Crippen MR) is 63.0 cm³/mol. The molecule has 84 valence electrons. The van der Waals surface area contributed by atoms with Gasteiger partial charge in [-0.25, -0.2) is 4.39 Å². The van der Waals surface area contributed by atoms with Crippen LogP contribution in [0.5, 0.6) is 5.75 Å². The largest absolute Gasteiger partial charge is 0.495 e. The van der Waals surface area contributed by atoms with Crippen LogP contribution in [-0.2, 0) is 0 Å². The van der Waals surface area contributed by atoms with E-state index in [1.165, 1.54) is 24.9 Å². The average molecular weight is 229 g/mol. The molecule has 0 radical (unpaired) electrons. The van der Waals surface area contributed by atoms with Crippen molar-refractivity contribution in [2.75, 3.05) is 12.8 Å². The third-order valence-electron chi connectivity index (χ3n) is 1.70. The zero-order chi connectivity index (χ0) is 11.6. The van der Waals surface area contributed by atoms with E-state index in [1.807, 2.05) is 20.8 Å². The molecule has 0 bridgehead atoms. The van der Waals surface area contributed by atoms with Crippen molar-refractivity contribution in [3.05, 3.63) is 17.9 Å². The van der Waals surface area contributed by atoms with Gasteiger partial charge in [0.15, 0.2) is 0 Å². The van der Waals surface area contributed by atoms with Crippen molar-refractivity contribution in [1.29, 1.82) is 0 Å². The first-order valence-electron chi connectivity index (χ1n) is 4.65. The summed E-state index contributed by atoms with van der Waals surface area (Å²) in [4.78, 5) is 0.563. The number of hydrogen-bond acceptors (Lipinski definition) is 3. The summed E-state index contributed by atoms with van der Waals surface area (Å²) in [6.45, 7) is 6.08. The second-order valence-corrected chi connectivity index (χ2v) is 6.11. The highest BCUT2D eigenvalue weighted by Gasteiger charge is 2.17. The summed E-state index contributed by atoms with van der Waals surface area (Å²) < 4.78 is 18.6. The lowest BCUT2D eigenvalue weighted by Gasteiger charge is -2.18. The van der Waals surface area contributed by atoms with E-state index in [-0.39, 0.29) is 10.6 Å². The van der Waals surface area contributed by atoms with Gasteiger partial charge in [0.2, 0.25) is 0 Å². The maximum atomic E-state index is 13.5. The van der Waals surface area contributed by atoms with Crippen LogP contribution in [0.1, 0.15) is 20.8 Å². The van der Waals surface area contributed by atoms with Crippen molar-refractivity contribution >= 4 is 17.4 Å². The van der Waals surface area contributed by atoms with Gasteiger partial charge in [0.25, 0.3) is 0 Å². The maximum absolute atomic E-state index is 13.5. The lowest BCUT2D eigenvalue weighted by atomic mass is 10.2. The molecule has 0 spiro atoms. The minimum absolute atomic E-state index is 0.0397. The summed E-state index contributed by atoms with van der Waals surface area (Å²) in [5.74, 6) is 0.219. The molecule has 0 aliphatic heterocycles. The summed E-state index contributed by atoms with van der Waals surface area (Å²) >= 11 is 1.46. The summed E-state index contributed by atoms with van der Waals surface area (Å²) in [7, 11) is 1.52. The van der Waals surface area contributed by atoms with Crippen molar-refractivity contribution in [2.24, 2.45) is 0 Å². The number of hydrogen-bond donors (Lipinski definition) is 1. The van der Waals surface area contributed by atoms with Gasteiger partial charge >= 0.3 is 0 Å². The highest BCUT2D eigenvalue weighted by Crippen LogP contribution is 2.37. The van der Waals surface area contributed by atoms with Gasteiger partial charge in [-0.3, -0.25) is 0 Å². The van der Waals surface area contributed by atoms with Crippen LogP contribution in [0.25, 0.3) is 0 Å². The Hall–Kier alpha value is -0.900. The summed E-state index contributed by atoms with van der Waals surface area (Å²) in [5.41, 5.74) is 5.92. The second kappa shape index (κ2) is 4.31. The molecule has 0 saturated heterocycles. The van der Waals surface area contributed by atoms with E-state index in [2.05, 4.69) is 0 Å². The third kappa shape index (κ3) is 3.30. The van der Waals surface area contributed by atoms with Gasteiger partial charge in [0.1, 0.15) is 11.6 Å². The molecule has 0 atom stereocenters. The molecule has 0 aromatic heterocycles. The Morgan fingerprint density at radius 1 is 1.33 bits per heavy atom. The lowest BCUT2D eigenvalue weighted by Crippen LogP contribution is -2.07. The second-order valence-electron chi connectivity index (χ2n) is 4.24. The highest BCUT2D eigenvalue weighted by molar-refractivity contribution is 8.00. The topological polar surface area (TPSA) is 35.2 Å². The summed E-state index contributed by atoms with van der Waals surface area (Å²) in [6.07, 6.45) is 0. The van der Waals surface area contributed by atoms with Gasteiger partial charge < -0.3 is 10.5 Å². The molecular formula is C11H16FNOS. The highest BCUT2D eigenvalue weighted by atomic mass is 32.2. The number of rotatable bonds is 2. The molecule has 1 aromatic carbocycles. The van der Waals surface area contributed by atoms with Crippen LogP contribution in [0, 0.1) is 5.82 Å². The van der Waals surface area contributed by atoms with Crippen LogP contribution < -0.4 is 10.5 Å². The Bertz CT molecular complexity index is 360. The predicted octanol–water partition coefficient (Wildman–Crippen LogP) is 3.31. The van der Waals surface area contributed by atoms with Crippen LogP contribution in [-0.4, -0.2) is 11.9 Å². The monoisotopic (exact) mass is 229 g/mol. The number of benzene rings is 1. The van der Waals surface area contributed by atoms with Crippen LogP contribution in [0.15, 0.2) is 17.0 Å². The fraction of sp³-hybridized carbons (Fsp3) is 0.455. The van der Waals surface area contributed by atoms with Crippen molar-refractivity contribution in [2.45, 2.75) is 30.4 Å². The molecule has 4 heteroatoms. The minimum atomic E-state index is -0.298. The molecule has 0 amide bonds. The third-order valence-corrected chi connectivity index (χ3v) is 2.85. The fourth-order valence-electron chi connectivity index (χ4n) is 1.13. The van der Waals surface area contributed by atoms with Gasteiger partial charge in [-0.15, -0.1) is 11.8 Å². The van der Waals surface area contributed by atoms with Crippen molar-refractivity contribution in [3.63, 3.8) is 0 Å². The lowest BCUT2D eigenvalue weighted by molar-refractivity contribution is 0.414. The summed E-state index contributed by atoms with van der Waals surface area (Å²) in [6, 6.07) is 2.94. The van der Waals surface area contributed by atoms with Gasteiger partial charge in [-0.1, -0.05) is 20.8 Å². The van der Waals surface area contributed by atoms with Gasteiger partial charge in [0.05, 0.1) is 12.8 Å². The van der Waals surface area contributed by atoms with Crippen LogP contribution in [0.4, 0.5) is 10.1 Å². The Kier molecular flexibility index (Phi) is 3.50. The van der Waals surface area contributed by atoms with E-state index in [0.717, 1.165) is 0 Å². The number of nitrogens with two attached hydrogens (primary N) is 1. The zero-order valence-corrected chi connectivity index (χ0v) is 10.2. The molecule has 0 aliphatic carbocycles. The quantitative estimate of drug-likeness (QED) is 0.624. The van der Waals surface area contributed by atoms with Crippen LogP contribution in [0.3, 0.4) is 0 Å². The van der Waals surface area contributed by atoms with E-state index in [1.54, 1.807) is 6.07 Å². The molecule has 2 N–H and O–H groups in total. The van der Waals surface area contributed by atoms with Crippen molar-refractivity contribution in [3.8, 4) is 5.75 Å². The molecule has 0 aliphatic rings. The Morgan fingerprint density at radius 3 is 2.40 bits per heavy atom. The number of methoxy groups -OCH3 is 1. The van der Waals surface area contributed by atoms with Gasteiger partial charge in [-0.2, -0.15) is 0 Å². The number of ether oxygens (including phenoxy) is 1. The minimum Gasteiger partial charge on any atom is -0.495 e. The van der Waals surface area contributed by atoms with Gasteiger partial charge in [0, 0.05) is 15.7 Å². The number of anilines is 1. The molecule has 0 saturated carbocycles. The van der Waals surface area contributed by atoms with Crippen LogP contribution in [0.2, 0.25) is 0 Å². The van der Waals surface area contributed by atoms with E-state index < -0.39 is 0 Å². The maximum Gasteiger partial charge on any atom is 0.143 e.